The van der Waals surface area contributed by atoms with Gasteiger partial charge in [-0.05, 0) is 11.6 Å². The van der Waals surface area contributed by atoms with Crippen LogP contribution in [0.5, 0.6) is 0 Å². The van der Waals surface area contributed by atoms with E-state index in [0.717, 1.165) is 0 Å². The lowest BCUT2D eigenvalue weighted by atomic mass is 10.1. The van der Waals surface area contributed by atoms with Gasteiger partial charge in [0.05, 0.1) is 6.20 Å². The van der Waals surface area contributed by atoms with Crippen molar-refractivity contribution in [3.05, 3.63) is 24.1 Å². The summed E-state index contributed by atoms with van der Waals surface area (Å²) in [7, 11) is 0. The Bertz CT molecular complexity index is 448. The van der Waals surface area contributed by atoms with Crippen molar-refractivity contribution in [3.8, 4) is 0 Å². The van der Waals surface area contributed by atoms with Crippen molar-refractivity contribution < 1.29 is 4.79 Å². The SMILES string of the molecule is C=CC1CC(=O)N(c2cnc(Cl)nc2N)C1. The number of aromatic nitrogens is 2. The van der Waals surface area contributed by atoms with Gasteiger partial charge < -0.3 is 10.6 Å². The highest BCUT2D eigenvalue weighted by Gasteiger charge is 2.30. The van der Waals surface area contributed by atoms with E-state index in [1.165, 1.54) is 6.20 Å². The summed E-state index contributed by atoms with van der Waals surface area (Å²) in [4.78, 5) is 20.9. The van der Waals surface area contributed by atoms with Crippen LogP contribution in [0.3, 0.4) is 0 Å². The Kier molecular flexibility index (Phi) is 2.78. The minimum absolute atomic E-state index is 0.00234. The molecule has 0 saturated carbocycles. The number of anilines is 2. The van der Waals surface area contributed by atoms with Crippen LogP contribution in [0, 0.1) is 5.92 Å². The second-order valence-corrected chi connectivity index (χ2v) is 3.95. The van der Waals surface area contributed by atoms with Gasteiger partial charge >= 0.3 is 0 Å². The lowest BCUT2D eigenvalue weighted by molar-refractivity contribution is -0.117. The lowest BCUT2D eigenvalue weighted by Gasteiger charge is -2.16. The number of hydrogen-bond acceptors (Lipinski definition) is 4. The molecular weight excluding hydrogens is 228 g/mol. The van der Waals surface area contributed by atoms with Crippen molar-refractivity contribution in [2.75, 3.05) is 17.2 Å². The largest absolute Gasteiger partial charge is 0.382 e. The van der Waals surface area contributed by atoms with Crippen LogP contribution in [-0.4, -0.2) is 22.4 Å². The molecule has 1 atom stereocenters. The van der Waals surface area contributed by atoms with E-state index < -0.39 is 0 Å². The highest BCUT2D eigenvalue weighted by atomic mass is 35.5. The topological polar surface area (TPSA) is 72.1 Å². The van der Waals surface area contributed by atoms with E-state index in [0.29, 0.717) is 18.7 Å². The van der Waals surface area contributed by atoms with Crippen LogP contribution in [0.1, 0.15) is 6.42 Å². The quantitative estimate of drug-likeness (QED) is 0.622. The van der Waals surface area contributed by atoms with Gasteiger partial charge in [-0.25, -0.2) is 4.98 Å². The number of carbonyl (C=O) groups is 1. The van der Waals surface area contributed by atoms with E-state index >= 15 is 0 Å². The number of nitrogens with zero attached hydrogens (tertiary/aromatic N) is 3. The first-order chi connectivity index (χ1) is 7.61. The van der Waals surface area contributed by atoms with E-state index in [1.807, 2.05) is 0 Å². The molecule has 6 heteroatoms. The van der Waals surface area contributed by atoms with Crippen LogP contribution in [0.4, 0.5) is 11.5 Å². The number of nitrogen functional groups attached to an aromatic ring is 1. The minimum atomic E-state index is 0.00234. The van der Waals surface area contributed by atoms with Crippen LogP contribution in [-0.2, 0) is 4.79 Å². The van der Waals surface area contributed by atoms with Crippen LogP contribution in [0.2, 0.25) is 5.28 Å². The van der Waals surface area contributed by atoms with Crippen molar-refractivity contribution in [2.45, 2.75) is 6.42 Å². The van der Waals surface area contributed by atoms with Crippen molar-refractivity contribution >= 4 is 29.0 Å². The van der Waals surface area contributed by atoms with Crippen LogP contribution in [0.25, 0.3) is 0 Å². The summed E-state index contributed by atoms with van der Waals surface area (Å²) in [6.45, 7) is 4.25. The molecule has 2 heterocycles. The van der Waals surface area contributed by atoms with Gasteiger partial charge in [-0.1, -0.05) is 6.08 Å². The van der Waals surface area contributed by atoms with Crippen molar-refractivity contribution in [1.82, 2.24) is 9.97 Å². The molecule has 1 aromatic heterocycles. The summed E-state index contributed by atoms with van der Waals surface area (Å²) < 4.78 is 0. The van der Waals surface area contributed by atoms with Gasteiger partial charge in [0.25, 0.3) is 0 Å². The molecule has 1 fully saturated rings. The molecule has 2 rings (SSSR count). The lowest BCUT2D eigenvalue weighted by Crippen LogP contribution is -2.25. The first-order valence-electron chi connectivity index (χ1n) is 4.82. The summed E-state index contributed by atoms with van der Waals surface area (Å²) in [5.74, 6) is 0.378. The molecule has 5 nitrogen and oxygen atoms in total. The molecule has 1 unspecified atom stereocenters. The predicted molar refractivity (Wildman–Crippen MR) is 62.1 cm³/mol. The summed E-state index contributed by atoms with van der Waals surface area (Å²) >= 11 is 5.59. The summed E-state index contributed by atoms with van der Waals surface area (Å²) in [6, 6.07) is 0. The Labute approximate surface area is 97.9 Å². The van der Waals surface area contributed by atoms with E-state index in [4.69, 9.17) is 17.3 Å². The number of amides is 1. The van der Waals surface area contributed by atoms with Crippen molar-refractivity contribution in [3.63, 3.8) is 0 Å². The zero-order valence-corrected chi connectivity index (χ0v) is 9.31. The number of nitrogens with two attached hydrogens (primary N) is 1. The Hall–Kier alpha value is -1.62. The van der Waals surface area contributed by atoms with E-state index in [1.54, 1.807) is 11.0 Å². The number of rotatable bonds is 2. The highest BCUT2D eigenvalue weighted by Crippen LogP contribution is 2.28. The molecule has 0 aromatic carbocycles. The molecule has 84 valence electrons. The Balaban J connectivity index is 2.31. The van der Waals surface area contributed by atoms with Gasteiger partial charge in [0, 0.05) is 18.9 Å². The molecule has 16 heavy (non-hydrogen) atoms. The highest BCUT2D eigenvalue weighted by molar-refractivity contribution is 6.28. The third-order valence-electron chi connectivity index (χ3n) is 2.55. The number of halogens is 1. The maximum Gasteiger partial charge on any atom is 0.227 e. The van der Waals surface area contributed by atoms with Gasteiger partial charge in [-0.3, -0.25) is 4.79 Å². The molecule has 2 N–H and O–H groups in total. The van der Waals surface area contributed by atoms with E-state index in [2.05, 4.69) is 16.5 Å². The maximum atomic E-state index is 11.7. The summed E-state index contributed by atoms with van der Waals surface area (Å²) in [5, 5.41) is 0.0770. The predicted octanol–water partition coefficient (Wildman–Crippen LogP) is 1.25. The fourth-order valence-corrected chi connectivity index (χ4v) is 1.84. The molecular formula is C10H11ClN4O. The van der Waals surface area contributed by atoms with Gasteiger partial charge in [0.1, 0.15) is 5.69 Å². The van der Waals surface area contributed by atoms with Gasteiger partial charge in [0.15, 0.2) is 5.82 Å². The molecule has 1 aliphatic heterocycles. The molecule has 1 aromatic rings. The monoisotopic (exact) mass is 238 g/mol. The first-order valence-corrected chi connectivity index (χ1v) is 5.20. The van der Waals surface area contributed by atoms with Gasteiger partial charge in [-0.2, -0.15) is 4.98 Å². The average molecular weight is 239 g/mol. The second kappa shape index (κ2) is 4.09. The fourth-order valence-electron chi connectivity index (χ4n) is 1.70. The number of hydrogen-bond donors (Lipinski definition) is 1. The Morgan fingerprint density at radius 3 is 3.00 bits per heavy atom. The Morgan fingerprint density at radius 1 is 1.69 bits per heavy atom. The number of carbonyl (C=O) groups excluding carboxylic acids is 1. The molecule has 1 amide bonds. The molecule has 0 radical (unpaired) electrons. The molecule has 0 bridgehead atoms. The van der Waals surface area contributed by atoms with Gasteiger partial charge in [-0.15, -0.1) is 6.58 Å². The van der Waals surface area contributed by atoms with Crippen LogP contribution >= 0.6 is 11.6 Å². The zero-order chi connectivity index (χ0) is 11.7. The molecule has 0 aliphatic carbocycles. The summed E-state index contributed by atoms with van der Waals surface area (Å²) in [5.41, 5.74) is 6.21. The molecule has 1 saturated heterocycles. The minimum Gasteiger partial charge on any atom is -0.382 e. The van der Waals surface area contributed by atoms with Crippen LogP contribution < -0.4 is 10.6 Å². The van der Waals surface area contributed by atoms with Gasteiger partial charge in [0.2, 0.25) is 11.2 Å². The second-order valence-electron chi connectivity index (χ2n) is 3.61. The first kappa shape index (κ1) is 10.9. The molecule has 0 spiro atoms. The zero-order valence-electron chi connectivity index (χ0n) is 8.56. The normalized spacial score (nSPS) is 20.2. The van der Waals surface area contributed by atoms with E-state index in [-0.39, 0.29) is 22.9 Å². The van der Waals surface area contributed by atoms with Crippen molar-refractivity contribution in [2.24, 2.45) is 5.92 Å². The standard InChI is InChI=1S/C10H11ClN4O/c1-2-6-3-8(16)15(5-6)7-4-13-10(11)14-9(7)12/h2,4,6H,1,3,5H2,(H2,12,13,14). The summed E-state index contributed by atoms with van der Waals surface area (Å²) in [6.07, 6.45) is 3.68. The van der Waals surface area contributed by atoms with E-state index in [9.17, 15) is 4.79 Å². The van der Waals surface area contributed by atoms with Crippen LogP contribution in [0.15, 0.2) is 18.9 Å². The third kappa shape index (κ3) is 1.86. The smallest absolute Gasteiger partial charge is 0.227 e. The maximum absolute atomic E-state index is 11.7. The Morgan fingerprint density at radius 2 is 2.44 bits per heavy atom. The van der Waals surface area contributed by atoms with Crippen molar-refractivity contribution in [1.29, 1.82) is 0 Å². The average Bonchev–Trinajstić information content (AvgIpc) is 2.60. The third-order valence-corrected chi connectivity index (χ3v) is 2.73. The fraction of sp³-hybridized carbons (Fsp3) is 0.300. The molecule has 1 aliphatic rings.